The number of carbonyl (C=O) groups is 1. The van der Waals surface area contributed by atoms with Crippen molar-refractivity contribution in [3.8, 4) is 0 Å². The van der Waals surface area contributed by atoms with E-state index in [1.165, 1.54) is 0 Å². The van der Waals surface area contributed by atoms with Gasteiger partial charge in [0.05, 0.1) is 17.1 Å². The van der Waals surface area contributed by atoms with Crippen LogP contribution in [-0.2, 0) is 4.79 Å². The van der Waals surface area contributed by atoms with Gasteiger partial charge < -0.3 is 19.8 Å². The summed E-state index contributed by atoms with van der Waals surface area (Å²) in [6.07, 6.45) is 0. The summed E-state index contributed by atoms with van der Waals surface area (Å²) in [6, 6.07) is 13.3. The molecule has 0 aliphatic carbocycles. The van der Waals surface area contributed by atoms with E-state index < -0.39 is 5.97 Å². The predicted octanol–water partition coefficient (Wildman–Crippen LogP) is 3.20. The van der Waals surface area contributed by atoms with E-state index in [0.717, 1.165) is 49.0 Å². The van der Waals surface area contributed by atoms with Crippen molar-refractivity contribution in [3.63, 3.8) is 0 Å². The maximum absolute atomic E-state index is 11.6. The predicted molar refractivity (Wildman–Crippen MR) is 108 cm³/mol. The van der Waals surface area contributed by atoms with Crippen molar-refractivity contribution in [3.05, 3.63) is 53.1 Å². The molecule has 2 aromatic rings. The molecule has 0 atom stereocenters. The number of para-hydroxylation sites is 1. The van der Waals surface area contributed by atoms with Crippen LogP contribution in [0.2, 0.25) is 5.02 Å². The van der Waals surface area contributed by atoms with E-state index in [1.54, 1.807) is 17.0 Å². The van der Waals surface area contributed by atoms with E-state index in [9.17, 15) is 9.90 Å². The molecule has 140 valence electrons. The number of aliphatic imine (C=N–C) groups is 1. The molecule has 0 radical (unpaired) electrons. The van der Waals surface area contributed by atoms with Gasteiger partial charge in [-0.15, -0.1) is 0 Å². The quantitative estimate of drug-likeness (QED) is 0.861. The SMILES string of the molecule is CN1CCN(C2=Nc3cc(Cl)ccc3N(CC(=O)O)c3ccccc32)CC1. The molecule has 7 heteroatoms. The maximum atomic E-state index is 11.6. The highest BCUT2D eigenvalue weighted by Gasteiger charge is 2.28. The lowest BCUT2D eigenvalue weighted by atomic mass is 10.1. The molecule has 1 N–H and O–H groups in total. The number of fused-ring (bicyclic) bond motifs is 2. The second kappa shape index (κ2) is 7.21. The minimum atomic E-state index is -0.895. The highest BCUT2D eigenvalue weighted by Crippen LogP contribution is 2.41. The van der Waals surface area contributed by atoms with Gasteiger partial charge in [-0.2, -0.15) is 0 Å². The molecule has 0 bridgehead atoms. The van der Waals surface area contributed by atoms with Crippen molar-refractivity contribution in [2.24, 2.45) is 4.99 Å². The molecule has 2 aliphatic heterocycles. The normalized spacial score (nSPS) is 17.0. The summed E-state index contributed by atoms with van der Waals surface area (Å²) in [6.45, 7) is 3.53. The van der Waals surface area contributed by atoms with E-state index in [1.807, 2.05) is 30.3 Å². The Labute approximate surface area is 163 Å². The summed E-state index contributed by atoms with van der Waals surface area (Å²) in [5.74, 6) is -0.0242. The van der Waals surface area contributed by atoms with Crippen LogP contribution in [0.5, 0.6) is 0 Å². The van der Waals surface area contributed by atoms with Gasteiger partial charge in [-0.1, -0.05) is 23.7 Å². The number of aliphatic carboxylic acids is 1. The smallest absolute Gasteiger partial charge is 0.323 e. The Balaban J connectivity index is 1.89. The van der Waals surface area contributed by atoms with Gasteiger partial charge in [0.15, 0.2) is 0 Å². The fourth-order valence-electron chi connectivity index (χ4n) is 3.58. The van der Waals surface area contributed by atoms with Gasteiger partial charge in [0, 0.05) is 36.8 Å². The molecule has 27 heavy (non-hydrogen) atoms. The van der Waals surface area contributed by atoms with Crippen molar-refractivity contribution in [2.45, 2.75) is 0 Å². The first-order chi connectivity index (χ1) is 13.0. The monoisotopic (exact) mass is 384 g/mol. The summed E-state index contributed by atoms with van der Waals surface area (Å²) in [7, 11) is 2.11. The number of halogens is 1. The largest absolute Gasteiger partial charge is 0.480 e. The molecular formula is C20H21ClN4O2. The Hall–Kier alpha value is -2.57. The molecule has 0 spiro atoms. The van der Waals surface area contributed by atoms with Crippen molar-refractivity contribution in [1.82, 2.24) is 9.80 Å². The number of piperazine rings is 1. The zero-order valence-corrected chi connectivity index (χ0v) is 15.9. The van der Waals surface area contributed by atoms with Gasteiger partial charge in [0.25, 0.3) is 0 Å². The van der Waals surface area contributed by atoms with Crippen molar-refractivity contribution < 1.29 is 9.90 Å². The molecule has 4 rings (SSSR count). The first kappa shape index (κ1) is 17.8. The van der Waals surface area contributed by atoms with E-state index in [2.05, 4.69) is 16.8 Å². The Bertz CT molecular complexity index is 907. The number of likely N-dealkylation sites (N-methyl/N-ethyl adjacent to an activating group) is 1. The molecule has 2 heterocycles. The van der Waals surface area contributed by atoms with Crippen LogP contribution >= 0.6 is 11.6 Å². The minimum Gasteiger partial charge on any atom is -0.480 e. The number of carboxylic acid groups (broad SMARTS) is 1. The zero-order chi connectivity index (χ0) is 19.0. The average Bonchev–Trinajstić information content (AvgIpc) is 2.77. The van der Waals surface area contributed by atoms with Crippen LogP contribution < -0.4 is 4.90 Å². The third-order valence-corrected chi connectivity index (χ3v) is 5.22. The Kier molecular flexibility index (Phi) is 4.76. The van der Waals surface area contributed by atoms with E-state index in [4.69, 9.17) is 16.6 Å². The zero-order valence-electron chi connectivity index (χ0n) is 15.1. The third kappa shape index (κ3) is 3.50. The number of benzene rings is 2. The van der Waals surface area contributed by atoms with E-state index in [0.29, 0.717) is 10.7 Å². The standard InChI is InChI=1S/C20H21ClN4O2/c1-23-8-10-24(11-9-23)20-15-4-2-3-5-17(15)25(13-19(26)27)18-7-6-14(21)12-16(18)22-20/h2-7,12H,8-11,13H2,1H3,(H,26,27). The Morgan fingerprint density at radius 2 is 1.85 bits per heavy atom. The third-order valence-electron chi connectivity index (χ3n) is 4.99. The topological polar surface area (TPSA) is 59.4 Å². The van der Waals surface area contributed by atoms with Crippen LogP contribution in [0.25, 0.3) is 0 Å². The number of rotatable bonds is 2. The summed E-state index contributed by atoms with van der Waals surface area (Å²) < 4.78 is 0. The lowest BCUT2D eigenvalue weighted by Gasteiger charge is -2.35. The highest BCUT2D eigenvalue weighted by molar-refractivity contribution is 6.31. The van der Waals surface area contributed by atoms with Gasteiger partial charge >= 0.3 is 5.97 Å². The Morgan fingerprint density at radius 1 is 1.11 bits per heavy atom. The highest BCUT2D eigenvalue weighted by atomic mass is 35.5. The molecule has 2 aromatic carbocycles. The fourth-order valence-corrected chi connectivity index (χ4v) is 3.75. The molecule has 0 unspecified atom stereocenters. The van der Waals surface area contributed by atoms with Gasteiger partial charge in [-0.05, 0) is 37.4 Å². The van der Waals surface area contributed by atoms with E-state index in [-0.39, 0.29) is 6.54 Å². The molecule has 2 aliphatic rings. The van der Waals surface area contributed by atoms with Crippen molar-refractivity contribution in [1.29, 1.82) is 0 Å². The van der Waals surface area contributed by atoms with Crippen LogP contribution in [0.3, 0.4) is 0 Å². The second-order valence-electron chi connectivity index (χ2n) is 6.86. The lowest BCUT2D eigenvalue weighted by Crippen LogP contribution is -2.47. The number of amidine groups is 1. The molecule has 0 aromatic heterocycles. The van der Waals surface area contributed by atoms with Gasteiger partial charge in [-0.25, -0.2) is 4.99 Å². The number of anilines is 2. The van der Waals surface area contributed by atoms with Gasteiger partial charge in [-0.3, -0.25) is 4.79 Å². The van der Waals surface area contributed by atoms with Crippen LogP contribution in [0, 0.1) is 0 Å². The molecule has 6 nitrogen and oxygen atoms in total. The number of nitrogens with zero attached hydrogens (tertiary/aromatic N) is 4. The fraction of sp³-hybridized carbons (Fsp3) is 0.300. The first-order valence-corrected chi connectivity index (χ1v) is 9.31. The molecule has 1 saturated heterocycles. The number of hydrogen-bond donors (Lipinski definition) is 1. The summed E-state index contributed by atoms with van der Waals surface area (Å²) in [5, 5.41) is 10.1. The lowest BCUT2D eigenvalue weighted by molar-refractivity contribution is -0.135. The summed E-state index contributed by atoms with van der Waals surface area (Å²) in [4.78, 5) is 22.9. The van der Waals surface area contributed by atoms with Gasteiger partial charge in [0.2, 0.25) is 0 Å². The van der Waals surface area contributed by atoms with Gasteiger partial charge in [0.1, 0.15) is 12.4 Å². The van der Waals surface area contributed by atoms with Crippen LogP contribution in [0.1, 0.15) is 5.56 Å². The summed E-state index contributed by atoms with van der Waals surface area (Å²) >= 11 is 6.22. The van der Waals surface area contributed by atoms with Crippen LogP contribution in [-0.4, -0.2) is 66.5 Å². The van der Waals surface area contributed by atoms with Crippen molar-refractivity contribution >= 4 is 40.5 Å². The maximum Gasteiger partial charge on any atom is 0.323 e. The molecular weight excluding hydrogens is 364 g/mol. The van der Waals surface area contributed by atoms with Crippen molar-refractivity contribution in [2.75, 3.05) is 44.7 Å². The average molecular weight is 385 g/mol. The molecule has 1 fully saturated rings. The van der Waals surface area contributed by atoms with Crippen LogP contribution in [0.4, 0.5) is 17.1 Å². The van der Waals surface area contributed by atoms with Crippen LogP contribution in [0.15, 0.2) is 47.5 Å². The molecule has 0 amide bonds. The van der Waals surface area contributed by atoms with E-state index >= 15 is 0 Å². The first-order valence-electron chi connectivity index (χ1n) is 8.93. The second-order valence-corrected chi connectivity index (χ2v) is 7.29. The molecule has 0 saturated carbocycles. The Morgan fingerprint density at radius 3 is 2.59 bits per heavy atom. The minimum absolute atomic E-state index is 0.142. The number of carboxylic acids is 1. The number of hydrogen-bond acceptors (Lipinski definition) is 5. The summed E-state index contributed by atoms with van der Waals surface area (Å²) in [5.41, 5.74) is 3.22.